The highest BCUT2D eigenvalue weighted by molar-refractivity contribution is 5.79. The van der Waals surface area contributed by atoms with Gasteiger partial charge in [-0.15, -0.1) is 0 Å². The van der Waals surface area contributed by atoms with Crippen LogP contribution in [0, 0.1) is 5.92 Å². The molecule has 2 saturated carbocycles. The fourth-order valence-corrected chi connectivity index (χ4v) is 3.30. The van der Waals surface area contributed by atoms with Crippen LogP contribution < -0.4 is 5.32 Å². The summed E-state index contributed by atoms with van der Waals surface area (Å²) in [5.41, 5.74) is 1.04. The Hall–Kier alpha value is -1.56. The van der Waals surface area contributed by atoms with Crippen LogP contribution >= 0.6 is 0 Å². The number of nitrogens with one attached hydrogen (secondary N) is 1. The van der Waals surface area contributed by atoms with E-state index in [1.165, 1.54) is 38.5 Å². The van der Waals surface area contributed by atoms with Gasteiger partial charge in [-0.05, 0) is 44.6 Å². The highest BCUT2D eigenvalue weighted by Gasteiger charge is 2.21. The van der Waals surface area contributed by atoms with E-state index in [0.717, 1.165) is 43.9 Å². The molecule has 0 radical (unpaired) electrons. The molecule has 0 atom stereocenters. The zero-order chi connectivity index (χ0) is 17.5. The number of likely N-dealkylation sites (N-methyl/N-ethyl adjacent to an activating group) is 1. The molecule has 1 N–H and O–H groups in total. The molecule has 2 aliphatic rings. The molecular formula is C19H33N5O. The number of hydrogen-bond acceptors (Lipinski definition) is 3. The van der Waals surface area contributed by atoms with Crippen molar-refractivity contribution in [2.24, 2.45) is 10.9 Å². The van der Waals surface area contributed by atoms with Crippen LogP contribution in [0.15, 0.2) is 17.3 Å². The molecule has 2 fully saturated rings. The van der Waals surface area contributed by atoms with Crippen molar-refractivity contribution >= 4 is 5.96 Å². The summed E-state index contributed by atoms with van der Waals surface area (Å²) in [5.74, 6) is 1.75. The topological polar surface area (TPSA) is 54.7 Å². The highest BCUT2D eigenvalue weighted by Crippen LogP contribution is 2.29. The van der Waals surface area contributed by atoms with Gasteiger partial charge >= 0.3 is 0 Å². The number of hydrogen-bond donors (Lipinski definition) is 1. The van der Waals surface area contributed by atoms with Crippen LogP contribution in [0.4, 0.5) is 0 Å². The van der Waals surface area contributed by atoms with Gasteiger partial charge in [0.15, 0.2) is 5.96 Å². The minimum absolute atomic E-state index is 0.595. The number of nitrogens with zero attached hydrogens (tertiary/aromatic N) is 4. The van der Waals surface area contributed by atoms with Crippen LogP contribution in [-0.2, 0) is 11.3 Å². The molecule has 0 bridgehead atoms. The molecule has 6 heteroatoms. The lowest BCUT2D eigenvalue weighted by atomic mass is 10.3. The van der Waals surface area contributed by atoms with Crippen LogP contribution in [0.1, 0.15) is 57.2 Å². The third-order valence-corrected chi connectivity index (χ3v) is 5.07. The molecule has 0 saturated heterocycles. The number of aromatic nitrogens is 2. The van der Waals surface area contributed by atoms with Gasteiger partial charge in [-0.2, -0.15) is 5.10 Å². The molecule has 1 aromatic heterocycles. The van der Waals surface area contributed by atoms with Crippen LogP contribution in [0.2, 0.25) is 0 Å². The molecule has 1 heterocycles. The Morgan fingerprint density at radius 3 is 2.88 bits per heavy atom. The van der Waals surface area contributed by atoms with Crippen molar-refractivity contribution in [3.63, 3.8) is 0 Å². The predicted molar refractivity (Wildman–Crippen MR) is 101 cm³/mol. The fraction of sp³-hybridized carbons (Fsp3) is 0.789. The van der Waals surface area contributed by atoms with Crippen molar-refractivity contribution in [2.45, 2.75) is 58.0 Å². The van der Waals surface area contributed by atoms with Crippen LogP contribution in [0.5, 0.6) is 0 Å². The van der Waals surface area contributed by atoms with Crippen molar-refractivity contribution in [3.8, 4) is 0 Å². The number of rotatable bonds is 9. The van der Waals surface area contributed by atoms with Gasteiger partial charge in [0, 0.05) is 32.9 Å². The first kappa shape index (κ1) is 18.2. The van der Waals surface area contributed by atoms with E-state index < -0.39 is 0 Å². The molecular weight excluding hydrogens is 314 g/mol. The Kier molecular flexibility index (Phi) is 6.73. The molecule has 0 unspecified atom stereocenters. The number of aliphatic imine (C=N–C) groups is 1. The summed E-state index contributed by atoms with van der Waals surface area (Å²) < 4.78 is 7.88. The molecule has 6 nitrogen and oxygen atoms in total. The molecule has 0 aliphatic heterocycles. The average molecular weight is 348 g/mol. The van der Waals surface area contributed by atoms with Crippen molar-refractivity contribution in [1.29, 1.82) is 0 Å². The van der Waals surface area contributed by atoms with Gasteiger partial charge in [-0.25, -0.2) is 4.99 Å². The lowest BCUT2D eigenvalue weighted by Gasteiger charge is -2.21. The lowest BCUT2D eigenvalue weighted by molar-refractivity contribution is 0.115. The van der Waals surface area contributed by atoms with Crippen molar-refractivity contribution in [3.05, 3.63) is 18.0 Å². The van der Waals surface area contributed by atoms with Gasteiger partial charge in [0.1, 0.15) is 0 Å². The third-order valence-electron chi connectivity index (χ3n) is 5.07. The van der Waals surface area contributed by atoms with E-state index in [-0.39, 0.29) is 0 Å². The third kappa shape index (κ3) is 5.73. The quantitative estimate of drug-likeness (QED) is 0.424. The maximum atomic E-state index is 5.74. The van der Waals surface area contributed by atoms with Gasteiger partial charge in [0.2, 0.25) is 0 Å². The standard InChI is InChI=1S/C19H33N5O/c1-3-20-19(23(2)12-13-25-15-16-8-9-16)21-14-17-10-11-24(22-17)18-6-4-5-7-18/h10-11,16,18H,3-9,12-15H2,1-2H3,(H,20,21). The van der Waals surface area contributed by atoms with Crippen molar-refractivity contribution < 1.29 is 4.74 Å². The molecule has 140 valence electrons. The summed E-state index contributed by atoms with van der Waals surface area (Å²) >= 11 is 0. The minimum atomic E-state index is 0.595. The first-order valence-electron chi connectivity index (χ1n) is 9.87. The molecule has 0 spiro atoms. The Morgan fingerprint density at radius 1 is 1.36 bits per heavy atom. The average Bonchev–Trinajstić information content (AvgIpc) is 3.09. The van der Waals surface area contributed by atoms with E-state index in [1.807, 2.05) is 0 Å². The largest absolute Gasteiger partial charge is 0.379 e. The first-order chi connectivity index (χ1) is 12.3. The van der Waals surface area contributed by atoms with Gasteiger partial charge in [-0.1, -0.05) is 12.8 Å². The summed E-state index contributed by atoms with van der Waals surface area (Å²) in [6.45, 7) is 6.11. The maximum Gasteiger partial charge on any atom is 0.194 e. The van der Waals surface area contributed by atoms with Crippen molar-refractivity contribution in [2.75, 3.05) is 33.4 Å². The van der Waals surface area contributed by atoms with E-state index in [4.69, 9.17) is 14.8 Å². The zero-order valence-corrected chi connectivity index (χ0v) is 15.8. The van der Waals surface area contributed by atoms with E-state index in [1.54, 1.807) is 0 Å². The molecule has 3 rings (SSSR count). The van der Waals surface area contributed by atoms with Gasteiger partial charge < -0.3 is 15.0 Å². The Labute approximate surface area is 151 Å². The second kappa shape index (κ2) is 9.22. The summed E-state index contributed by atoms with van der Waals surface area (Å²) in [4.78, 5) is 6.89. The first-order valence-corrected chi connectivity index (χ1v) is 9.87. The molecule has 1 aromatic rings. The number of guanidine groups is 1. The summed E-state index contributed by atoms with van der Waals surface area (Å²) in [6.07, 6.45) is 9.98. The zero-order valence-electron chi connectivity index (χ0n) is 15.8. The van der Waals surface area contributed by atoms with Gasteiger partial charge in [0.25, 0.3) is 0 Å². The predicted octanol–water partition coefficient (Wildman–Crippen LogP) is 2.82. The van der Waals surface area contributed by atoms with E-state index in [0.29, 0.717) is 12.6 Å². The molecule has 25 heavy (non-hydrogen) atoms. The lowest BCUT2D eigenvalue weighted by Crippen LogP contribution is -2.40. The highest BCUT2D eigenvalue weighted by atomic mass is 16.5. The monoisotopic (exact) mass is 347 g/mol. The molecule has 0 amide bonds. The Bertz CT molecular complexity index is 546. The van der Waals surface area contributed by atoms with E-state index in [2.05, 4.69) is 41.1 Å². The second-order valence-electron chi connectivity index (χ2n) is 7.34. The minimum Gasteiger partial charge on any atom is -0.379 e. The molecule has 2 aliphatic carbocycles. The second-order valence-corrected chi connectivity index (χ2v) is 7.34. The SMILES string of the molecule is CCNC(=NCc1ccn(C2CCCC2)n1)N(C)CCOCC1CC1. The smallest absolute Gasteiger partial charge is 0.194 e. The molecule has 0 aromatic carbocycles. The maximum absolute atomic E-state index is 5.74. The van der Waals surface area contributed by atoms with Crippen LogP contribution in [0.3, 0.4) is 0 Å². The fourth-order valence-electron chi connectivity index (χ4n) is 3.30. The van der Waals surface area contributed by atoms with Gasteiger partial charge in [0.05, 0.1) is 24.9 Å². The summed E-state index contributed by atoms with van der Waals surface area (Å²) in [7, 11) is 2.07. The van der Waals surface area contributed by atoms with Crippen LogP contribution in [-0.4, -0.2) is 54.0 Å². The van der Waals surface area contributed by atoms with Crippen molar-refractivity contribution in [1.82, 2.24) is 20.0 Å². The normalized spacial score (nSPS) is 18.7. The van der Waals surface area contributed by atoms with Crippen LogP contribution in [0.25, 0.3) is 0 Å². The summed E-state index contributed by atoms with van der Waals surface area (Å²) in [5, 5.41) is 8.09. The van der Waals surface area contributed by atoms with Gasteiger partial charge in [-0.3, -0.25) is 4.68 Å². The Balaban J connectivity index is 1.48. The van der Waals surface area contributed by atoms with E-state index in [9.17, 15) is 0 Å². The summed E-state index contributed by atoms with van der Waals surface area (Å²) in [6, 6.07) is 2.70. The van der Waals surface area contributed by atoms with E-state index >= 15 is 0 Å². The Morgan fingerprint density at radius 2 is 2.16 bits per heavy atom. The number of ether oxygens (including phenoxy) is 1.